The fraction of sp³-hybridized carbons (Fsp3) is 0.286. The third-order valence-electron chi connectivity index (χ3n) is 6.72. The van der Waals surface area contributed by atoms with E-state index in [-0.39, 0.29) is 11.8 Å². The van der Waals surface area contributed by atoms with Crippen molar-refractivity contribution in [1.29, 1.82) is 0 Å². The van der Waals surface area contributed by atoms with Crippen LogP contribution in [0.15, 0.2) is 73.2 Å². The Kier molecular flexibility index (Phi) is 6.57. The molecule has 5 rings (SSSR count). The van der Waals surface area contributed by atoms with Crippen LogP contribution in [0.1, 0.15) is 45.7 Å². The van der Waals surface area contributed by atoms with E-state index < -0.39 is 0 Å². The molecule has 0 radical (unpaired) electrons. The van der Waals surface area contributed by atoms with Gasteiger partial charge in [0, 0.05) is 44.1 Å². The molecule has 2 aromatic carbocycles. The molecule has 1 aliphatic heterocycles. The van der Waals surface area contributed by atoms with Gasteiger partial charge in [-0.25, -0.2) is 0 Å². The summed E-state index contributed by atoms with van der Waals surface area (Å²) in [5, 5.41) is 9.38. The maximum absolute atomic E-state index is 13.5. The van der Waals surface area contributed by atoms with Crippen LogP contribution in [0.4, 0.5) is 5.69 Å². The molecule has 1 unspecified atom stereocenters. The molecule has 0 aliphatic carbocycles. The minimum absolute atomic E-state index is 0.0409. The van der Waals surface area contributed by atoms with Crippen molar-refractivity contribution in [2.75, 3.05) is 18.4 Å². The average molecular weight is 468 g/mol. The summed E-state index contributed by atoms with van der Waals surface area (Å²) in [6.45, 7) is 1.44. The number of fused-ring (bicyclic) bond motifs is 1. The second kappa shape index (κ2) is 10.1. The van der Waals surface area contributed by atoms with E-state index in [4.69, 9.17) is 0 Å². The monoisotopic (exact) mass is 467 g/mol. The Morgan fingerprint density at radius 2 is 1.91 bits per heavy atom. The summed E-state index contributed by atoms with van der Waals surface area (Å²) in [7, 11) is 1.76. The number of aromatic nitrogens is 3. The number of para-hydroxylation sites is 1. The lowest BCUT2D eigenvalue weighted by Crippen LogP contribution is -2.33. The number of nitrogens with zero attached hydrogens (tertiary/aromatic N) is 4. The standard InChI is InChI=1S/C28H29N5O2/c1-32-15-12-26(31-32)27(34)30-25-7-3-2-6-24(25)28(35)33-14-4-5-20(11-16-33)17-21-8-9-23-19-29-13-10-22(23)18-21/h2-3,6-10,12-13,15,18-20H,4-5,11,14,16-17H2,1H3,(H,30,34). The molecule has 2 aromatic heterocycles. The van der Waals surface area contributed by atoms with E-state index in [0.717, 1.165) is 37.6 Å². The number of anilines is 1. The number of nitrogens with one attached hydrogen (secondary N) is 1. The van der Waals surface area contributed by atoms with Gasteiger partial charge in [0.2, 0.25) is 0 Å². The van der Waals surface area contributed by atoms with Crippen LogP contribution in [0.5, 0.6) is 0 Å². The molecule has 0 saturated carbocycles. The van der Waals surface area contributed by atoms with Crippen LogP contribution < -0.4 is 5.32 Å². The molecule has 1 N–H and O–H groups in total. The highest BCUT2D eigenvalue weighted by molar-refractivity contribution is 6.08. The molecule has 1 saturated heterocycles. The molecule has 3 heterocycles. The number of carbonyl (C=O) groups excluding carboxylic acids is 2. The number of pyridine rings is 1. The minimum Gasteiger partial charge on any atom is -0.339 e. The smallest absolute Gasteiger partial charge is 0.276 e. The Hall–Kier alpha value is -4.00. The molecule has 1 fully saturated rings. The predicted octanol–water partition coefficient (Wildman–Crippen LogP) is 4.71. The summed E-state index contributed by atoms with van der Waals surface area (Å²) in [4.78, 5) is 32.2. The summed E-state index contributed by atoms with van der Waals surface area (Å²) in [5.41, 5.74) is 2.67. The van der Waals surface area contributed by atoms with Crippen LogP contribution in [-0.2, 0) is 13.5 Å². The first-order chi connectivity index (χ1) is 17.1. The Balaban J connectivity index is 1.25. The number of hydrogen-bond acceptors (Lipinski definition) is 4. The third-order valence-corrected chi connectivity index (χ3v) is 6.72. The zero-order valence-electron chi connectivity index (χ0n) is 19.9. The Morgan fingerprint density at radius 3 is 2.77 bits per heavy atom. The van der Waals surface area contributed by atoms with E-state index in [1.807, 2.05) is 29.4 Å². The van der Waals surface area contributed by atoms with Gasteiger partial charge in [0.15, 0.2) is 5.69 Å². The molecule has 178 valence electrons. The molecule has 2 amide bonds. The lowest BCUT2D eigenvalue weighted by Gasteiger charge is -2.22. The summed E-state index contributed by atoms with van der Waals surface area (Å²) in [5.74, 6) is 0.167. The first-order valence-electron chi connectivity index (χ1n) is 12.1. The third kappa shape index (κ3) is 5.24. The fourth-order valence-electron chi connectivity index (χ4n) is 4.84. The van der Waals surface area contributed by atoms with Gasteiger partial charge >= 0.3 is 0 Å². The molecule has 1 atom stereocenters. The highest BCUT2D eigenvalue weighted by Gasteiger charge is 2.24. The van der Waals surface area contributed by atoms with Crippen molar-refractivity contribution in [2.45, 2.75) is 25.7 Å². The van der Waals surface area contributed by atoms with Crippen molar-refractivity contribution in [3.8, 4) is 0 Å². The van der Waals surface area contributed by atoms with Gasteiger partial charge in [-0.2, -0.15) is 5.10 Å². The normalized spacial score (nSPS) is 16.1. The van der Waals surface area contributed by atoms with Crippen molar-refractivity contribution < 1.29 is 9.59 Å². The van der Waals surface area contributed by atoms with Gasteiger partial charge in [0.1, 0.15) is 0 Å². The highest BCUT2D eigenvalue weighted by Crippen LogP contribution is 2.26. The number of likely N-dealkylation sites (tertiary alicyclic amines) is 1. The molecular formula is C28H29N5O2. The summed E-state index contributed by atoms with van der Waals surface area (Å²) < 4.78 is 1.58. The lowest BCUT2D eigenvalue weighted by molar-refractivity contribution is 0.0761. The maximum Gasteiger partial charge on any atom is 0.276 e. The van der Waals surface area contributed by atoms with Crippen LogP contribution in [0.25, 0.3) is 10.8 Å². The number of aryl methyl sites for hydroxylation is 1. The quantitative estimate of drug-likeness (QED) is 0.461. The Morgan fingerprint density at radius 1 is 1.03 bits per heavy atom. The van der Waals surface area contributed by atoms with Gasteiger partial charge in [0.25, 0.3) is 11.8 Å². The van der Waals surface area contributed by atoms with E-state index in [0.29, 0.717) is 29.4 Å². The van der Waals surface area contributed by atoms with E-state index in [9.17, 15) is 9.59 Å². The highest BCUT2D eigenvalue weighted by atomic mass is 16.2. The van der Waals surface area contributed by atoms with Gasteiger partial charge in [-0.15, -0.1) is 0 Å². The molecular weight excluding hydrogens is 438 g/mol. The van der Waals surface area contributed by atoms with Crippen molar-refractivity contribution in [3.05, 3.63) is 90.0 Å². The number of amides is 2. The van der Waals surface area contributed by atoms with Crippen LogP contribution in [0.2, 0.25) is 0 Å². The second-order valence-electron chi connectivity index (χ2n) is 9.22. The second-order valence-corrected chi connectivity index (χ2v) is 9.22. The maximum atomic E-state index is 13.5. The van der Waals surface area contributed by atoms with E-state index in [1.165, 1.54) is 10.9 Å². The van der Waals surface area contributed by atoms with Gasteiger partial charge in [-0.1, -0.05) is 30.3 Å². The van der Waals surface area contributed by atoms with E-state index in [2.05, 4.69) is 39.7 Å². The van der Waals surface area contributed by atoms with E-state index in [1.54, 1.807) is 36.1 Å². The first kappa shape index (κ1) is 22.8. The lowest BCUT2D eigenvalue weighted by atomic mass is 9.92. The van der Waals surface area contributed by atoms with Crippen LogP contribution in [-0.4, -0.2) is 44.6 Å². The average Bonchev–Trinajstić information content (AvgIpc) is 3.18. The van der Waals surface area contributed by atoms with E-state index >= 15 is 0 Å². The van der Waals surface area contributed by atoms with Gasteiger partial charge in [0.05, 0.1) is 11.3 Å². The van der Waals surface area contributed by atoms with Crippen molar-refractivity contribution in [3.63, 3.8) is 0 Å². The summed E-state index contributed by atoms with van der Waals surface area (Å²) in [6.07, 6.45) is 9.48. The number of benzene rings is 2. The SMILES string of the molecule is Cn1ccc(C(=O)Nc2ccccc2C(=O)N2CCCC(Cc3ccc4cnccc4c3)CC2)n1. The molecule has 0 spiro atoms. The molecule has 35 heavy (non-hydrogen) atoms. The number of hydrogen-bond donors (Lipinski definition) is 1. The number of rotatable bonds is 5. The van der Waals surface area contributed by atoms with Crippen molar-refractivity contribution in [2.24, 2.45) is 13.0 Å². The molecule has 4 aromatic rings. The van der Waals surface area contributed by atoms with Gasteiger partial charge < -0.3 is 10.2 Å². The largest absolute Gasteiger partial charge is 0.339 e. The van der Waals surface area contributed by atoms with Crippen LogP contribution in [0, 0.1) is 5.92 Å². The molecule has 0 bridgehead atoms. The Bertz CT molecular complexity index is 1360. The van der Waals surface area contributed by atoms with Gasteiger partial charge in [-0.3, -0.25) is 19.3 Å². The van der Waals surface area contributed by atoms with Crippen LogP contribution in [0.3, 0.4) is 0 Å². The Labute approximate surface area is 204 Å². The van der Waals surface area contributed by atoms with Gasteiger partial charge in [-0.05, 0) is 66.8 Å². The zero-order chi connectivity index (χ0) is 24.2. The van der Waals surface area contributed by atoms with Crippen LogP contribution >= 0.6 is 0 Å². The zero-order valence-corrected chi connectivity index (χ0v) is 19.9. The topological polar surface area (TPSA) is 80.1 Å². The fourth-order valence-corrected chi connectivity index (χ4v) is 4.84. The summed E-state index contributed by atoms with van der Waals surface area (Å²) >= 11 is 0. The van der Waals surface area contributed by atoms with Crippen molar-refractivity contribution >= 4 is 28.3 Å². The molecule has 7 heteroatoms. The number of carbonyl (C=O) groups is 2. The molecule has 1 aliphatic rings. The molecule has 7 nitrogen and oxygen atoms in total. The van der Waals surface area contributed by atoms with Crippen molar-refractivity contribution in [1.82, 2.24) is 19.7 Å². The first-order valence-corrected chi connectivity index (χ1v) is 12.1. The predicted molar refractivity (Wildman–Crippen MR) is 136 cm³/mol. The minimum atomic E-state index is -0.326. The summed E-state index contributed by atoms with van der Waals surface area (Å²) in [6, 6.07) is 17.5.